The fourth-order valence-electron chi connectivity index (χ4n) is 3.33. The summed E-state index contributed by atoms with van der Waals surface area (Å²) < 4.78 is 38.4. The predicted octanol–water partition coefficient (Wildman–Crippen LogP) is 2.92. The van der Waals surface area contributed by atoms with Crippen molar-refractivity contribution in [1.82, 2.24) is 14.7 Å². The van der Waals surface area contributed by atoms with Crippen molar-refractivity contribution in [3.8, 4) is 0 Å². The minimum Gasteiger partial charge on any atom is -0.462 e. The van der Waals surface area contributed by atoms with Gasteiger partial charge >= 0.3 is 5.97 Å². The molecular formula is C20H26F2N4O3. The topological polar surface area (TPSA) is 59.8 Å². The van der Waals surface area contributed by atoms with Crippen LogP contribution in [0.5, 0.6) is 0 Å². The second-order valence-corrected chi connectivity index (χ2v) is 6.89. The Kier molecular flexibility index (Phi) is 7.16. The van der Waals surface area contributed by atoms with Gasteiger partial charge in [-0.2, -0.15) is 5.10 Å². The number of morpholine rings is 1. The van der Waals surface area contributed by atoms with Crippen LogP contribution in [0.25, 0.3) is 0 Å². The highest BCUT2D eigenvalue weighted by molar-refractivity contribution is 5.90. The molecule has 1 aliphatic heterocycles. The maximum absolute atomic E-state index is 13.5. The van der Waals surface area contributed by atoms with Gasteiger partial charge in [0.1, 0.15) is 11.3 Å². The molecule has 0 atom stereocenters. The van der Waals surface area contributed by atoms with Crippen molar-refractivity contribution in [2.75, 3.05) is 44.9 Å². The zero-order valence-corrected chi connectivity index (χ0v) is 16.7. The Bertz CT molecular complexity index is 805. The molecule has 7 nitrogen and oxygen atoms in total. The number of aromatic nitrogens is 2. The Hall–Kier alpha value is -2.52. The molecule has 1 aromatic heterocycles. The van der Waals surface area contributed by atoms with Crippen molar-refractivity contribution in [2.45, 2.75) is 26.6 Å². The summed E-state index contributed by atoms with van der Waals surface area (Å²) in [6.45, 7) is 5.64. The number of halogens is 2. The van der Waals surface area contributed by atoms with Gasteiger partial charge < -0.3 is 14.4 Å². The Morgan fingerprint density at radius 2 is 1.97 bits per heavy atom. The zero-order valence-electron chi connectivity index (χ0n) is 16.7. The number of nitrogens with zero attached hydrogens (tertiary/aromatic N) is 4. The van der Waals surface area contributed by atoms with Crippen LogP contribution in [0.1, 0.15) is 35.0 Å². The van der Waals surface area contributed by atoms with Crippen LogP contribution in [-0.4, -0.2) is 60.6 Å². The Morgan fingerprint density at radius 3 is 2.59 bits per heavy atom. The van der Waals surface area contributed by atoms with Gasteiger partial charge in [0, 0.05) is 25.3 Å². The van der Waals surface area contributed by atoms with Gasteiger partial charge in [0.25, 0.3) is 6.43 Å². The summed E-state index contributed by atoms with van der Waals surface area (Å²) in [6.07, 6.45) is -1.68. The van der Waals surface area contributed by atoms with E-state index in [0.717, 1.165) is 48.4 Å². The molecule has 0 spiro atoms. The first-order chi connectivity index (χ1) is 14.0. The van der Waals surface area contributed by atoms with Crippen LogP contribution in [0.15, 0.2) is 30.5 Å². The van der Waals surface area contributed by atoms with Crippen molar-refractivity contribution in [3.63, 3.8) is 0 Å². The number of benzene rings is 1. The zero-order chi connectivity index (χ0) is 20.8. The molecule has 1 aromatic carbocycles. The number of hydrogen-bond acceptors (Lipinski definition) is 6. The maximum atomic E-state index is 13.5. The van der Waals surface area contributed by atoms with Crippen molar-refractivity contribution in [3.05, 3.63) is 47.3 Å². The third-order valence-electron chi connectivity index (χ3n) is 4.72. The number of ether oxygens (including phenoxy) is 2. The van der Waals surface area contributed by atoms with E-state index < -0.39 is 18.1 Å². The third-order valence-corrected chi connectivity index (χ3v) is 4.72. The molecule has 158 valence electrons. The largest absolute Gasteiger partial charge is 0.462 e. The maximum Gasteiger partial charge on any atom is 0.341 e. The highest BCUT2D eigenvalue weighted by atomic mass is 19.3. The third kappa shape index (κ3) is 5.30. The number of carbonyl (C=O) groups excluding carboxylic acids is 1. The van der Waals surface area contributed by atoms with E-state index in [0.29, 0.717) is 6.54 Å². The SMILES string of the molecule is CCOC(=O)c1cnn(CN(C)Cc2ccc(N3CCOCC3)cc2)c1C(F)F. The number of alkyl halides is 2. The lowest BCUT2D eigenvalue weighted by molar-refractivity contribution is 0.0512. The number of hydrogen-bond donors (Lipinski definition) is 0. The first-order valence-corrected chi connectivity index (χ1v) is 9.60. The van der Waals surface area contributed by atoms with Gasteiger partial charge in [-0.05, 0) is 31.7 Å². The first-order valence-electron chi connectivity index (χ1n) is 9.60. The number of esters is 1. The molecule has 0 radical (unpaired) electrons. The second kappa shape index (κ2) is 9.80. The van der Waals surface area contributed by atoms with Crippen LogP contribution in [0.3, 0.4) is 0 Å². The van der Waals surface area contributed by atoms with E-state index in [1.54, 1.807) is 6.92 Å². The van der Waals surface area contributed by atoms with E-state index in [2.05, 4.69) is 22.1 Å². The smallest absolute Gasteiger partial charge is 0.341 e. The lowest BCUT2D eigenvalue weighted by Gasteiger charge is -2.29. The average molecular weight is 408 g/mol. The van der Waals surface area contributed by atoms with Gasteiger partial charge in [-0.15, -0.1) is 0 Å². The summed E-state index contributed by atoms with van der Waals surface area (Å²) in [5.74, 6) is -0.782. The monoisotopic (exact) mass is 408 g/mol. The average Bonchev–Trinajstić information content (AvgIpc) is 3.13. The minimum absolute atomic E-state index is 0.118. The van der Waals surface area contributed by atoms with Crippen molar-refractivity contribution < 1.29 is 23.0 Å². The molecule has 1 fully saturated rings. The molecule has 0 bridgehead atoms. The lowest BCUT2D eigenvalue weighted by Crippen LogP contribution is -2.36. The minimum atomic E-state index is -2.82. The van der Waals surface area contributed by atoms with E-state index in [-0.39, 0.29) is 18.8 Å². The van der Waals surface area contributed by atoms with Crippen molar-refractivity contribution in [1.29, 1.82) is 0 Å². The van der Waals surface area contributed by atoms with Gasteiger partial charge in [-0.25, -0.2) is 18.3 Å². The highest BCUT2D eigenvalue weighted by Gasteiger charge is 2.26. The second-order valence-electron chi connectivity index (χ2n) is 6.89. The van der Waals surface area contributed by atoms with Crippen LogP contribution in [0.2, 0.25) is 0 Å². The van der Waals surface area contributed by atoms with Crippen LogP contribution in [0, 0.1) is 0 Å². The molecule has 0 aliphatic carbocycles. The van der Waals surface area contributed by atoms with E-state index in [9.17, 15) is 13.6 Å². The highest BCUT2D eigenvalue weighted by Crippen LogP contribution is 2.24. The lowest BCUT2D eigenvalue weighted by atomic mass is 10.2. The quantitative estimate of drug-likeness (QED) is 0.626. The standard InChI is InChI=1S/C20H26F2N4O3/c1-3-29-20(27)17-12-23-26(18(17)19(21)22)14-24(2)13-15-4-6-16(7-5-15)25-8-10-28-11-9-25/h4-7,12,19H,3,8-11,13-14H2,1-2H3. The predicted molar refractivity (Wildman–Crippen MR) is 104 cm³/mol. The first kappa shape index (κ1) is 21.2. The van der Waals surface area contributed by atoms with Crippen LogP contribution in [0.4, 0.5) is 14.5 Å². The molecule has 9 heteroatoms. The molecular weight excluding hydrogens is 382 g/mol. The van der Waals surface area contributed by atoms with Crippen LogP contribution in [-0.2, 0) is 22.7 Å². The fourth-order valence-corrected chi connectivity index (χ4v) is 3.33. The normalized spacial score (nSPS) is 14.6. The van der Waals surface area contributed by atoms with Crippen LogP contribution >= 0.6 is 0 Å². The molecule has 3 rings (SSSR count). The molecule has 1 saturated heterocycles. The Balaban J connectivity index is 1.64. The van der Waals surface area contributed by atoms with Gasteiger partial charge in [-0.3, -0.25) is 4.90 Å². The van der Waals surface area contributed by atoms with Crippen molar-refractivity contribution in [2.24, 2.45) is 0 Å². The van der Waals surface area contributed by atoms with E-state index in [1.165, 1.54) is 0 Å². The van der Waals surface area contributed by atoms with Gasteiger partial charge in [0.2, 0.25) is 0 Å². The van der Waals surface area contributed by atoms with Crippen molar-refractivity contribution >= 4 is 11.7 Å². The number of carbonyl (C=O) groups is 1. The van der Waals surface area contributed by atoms with E-state index >= 15 is 0 Å². The Morgan fingerprint density at radius 1 is 1.28 bits per heavy atom. The molecule has 1 aliphatic rings. The van der Waals surface area contributed by atoms with E-state index in [1.807, 2.05) is 24.1 Å². The Labute approximate surface area is 168 Å². The van der Waals surface area contributed by atoms with E-state index in [4.69, 9.17) is 9.47 Å². The molecule has 0 saturated carbocycles. The van der Waals surface area contributed by atoms with Gasteiger partial charge in [-0.1, -0.05) is 12.1 Å². The molecule has 29 heavy (non-hydrogen) atoms. The summed E-state index contributed by atoms with van der Waals surface area (Å²) in [5, 5.41) is 3.97. The summed E-state index contributed by atoms with van der Waals surface area (Å²) in [6, 6.07) is 8.18. The van der Waals surface area contributed by atoms with Gasteiger partial charge in [0.05, 0.1) is 32.7 Å². The number of rotatable bonds is 8. The summed E-state index contributed by atoms with van der Waals surface area (Å²) in [5.41, 5.74) is 1.59. The molecule has 2 aromatic rings. The summed E-state index contributed by atoms with van der Waals surface area (Å²) >= 11 is 0. The molecule has 0 amide bonds. The molecule has 0 N–H and O–H groups in total. The summed E-state index contributed by atoms with van der Waals surface area (Å²) in [7, 11) is 1.82. The van der Waals surface area contributed by atoms with Crippen LogP contribution < -0.4 is 4.90 Å². The van der Waals surface area contributed by atoms with Gasteiger partial charge in [0.15, 0.2) is 0 Å². The summed E-state index contributed by atoms with van der Waals surface area (Å²) in [4.78, 5) is 16.0. The molecule has 0 unspecified atom stereocenters. The fraction of sp³-hybridized carbons (Fsp3) is 0.500. The number of anilines is 1. The molecule has 2 heterocycles.